The summed E-state index contributed by atoms with van der Waals surface area (Å²) in [4.78, 5) is 24.2. The predicted molar refractivity (Wildman–Crippen MR) is 94.4 cm³/mol. The number of hydrogen-bond acceptors (Lipinski definition) is 5. The highest BCUT2D eigenvalue weighted by atomic mass is 32.2. The number of anilines is 1. The summed E-state index contributed by atoms with van der Waals surface area (Å²) in [5, 5.41) is 13.4. The van der Waals surface area contributed by atoms with E-state index in [-0.39, 0.29) is 17.3 Å². The second kappa shape index (κ2) is 8.70. The fraction of sp³-hybridized carbons (Fsp3) is 0.429. The Bertz CT molecular complexity index is 574. The molecule has 1 aromatic carbocycles. The van der Waals surface area contributed by atoms with E-state index in [0.717, 1.165) is 13.1 Å². The third kappa shape index (κ3) is 5.27. The van der Waals surface area contributed by atoms with Crippen LogP contribution in [0.4, 0.5) is 11.4 Å². The van der Waals surface area contributed by atoms with E-state index in [0.29, 0.717) is 15.6 Å². The van der Waals surface area contributed by atoms with Crippen molar-refractivity contribution in [3.63, 3.8) is 0 Å². The van der Waals surface area contributed by atoms with Crippen LogP contribution in [0.25, 0.3) is 0 Å². The molecular weight excluding hydrogens is 322 g/mol. The van der Waals surface area contributed by atoms with Gasteiger partial charge in [0.15, 0.2) is 0 Å². The van der Waals surface area contributed by atoms with Crippen LogP contribution < -0.4 is 5.32 Å². The third-order valence-corrected chi connectivity index (χ3v) is 4.57. The van der Waals surface area contributed by atoms with Gasteiger partial charge in [-0.05, 0) is 32.4 Å². The summed E-state index contributed by atoms with van der Waals surface area (Å²) in [7, 11) is 0. The van der Waals surface area contributed by atoms with Crippen LogP contribution >= 0.6 is 24.0 Å². The Morgan fingerprint density at radius 3 is 2.55 bits per heavy atom. The standard InChI is InChI=1S/C14H19N3O3S2/c1-4-16(5-2)14(21)22-9-13(18)15-12-7-6-11(17(19)20)8-10(12)3/h6-8H,4-5,9H2,1-3H3,(H,15,18). The van der Waals surface area contributed by atoms with Gasteiger partial charge in [-0.15, -0.1) is 0 Å². The molecule has 0 heterocycles. The van der Waals surface area contributed by atoms with Gasteiger partial charge in [-0.1, -0.05) is 24.0 Å². The van der Waals surface area contributed by atoms with Crippen LogP contribution in [-0.4, -0.2) is 38.9 Å². The monoisotopic (exact) mass is 341 g/mol. The van der Waals surface area contributed by atoms with Crippen LogP contribution in [0.5, 0.6) is 0 Å². The molecule has 0 spiro atoms. The van der Waals surface area contributed by atoms with Gasteiger partial charge in [0.05, 0.1) is 10.7 Å². The van der Waals surface area contributed by atoms with Crippen LogP contribution in [0.15, 0.2) is 18.2 Å². The van der Waals surface area contributed by atoms with E-state index in [1.54, 1.807) is 13.0 Å². The summed E-state index contributed by atoms with van der Waals surface area (Å²) in [5.41, 5.74) is 1.23. The first-order chi connectivity index (χ1) is 10.4. The van der Waals surface area contributed by atoms with E-state index < -0.39 is 4.92 Å². The van der Waals surface area contributed by atoms with E-state index in [1.165, 1.54) is 23.9 Å². The Balaban J connectivity index is 2.59. The highest BCUT2D eigenvalue weighted by Gasteiger charge is 2.12. The lowest BCUT2D eigenvalue weighted by atomic mass is 10.2. The molecule has 1 N–H and O–H groups in total. The normalized spacial score (nSPS) is 10.1. The quantitative estimate of drug-likeness (QED) is 0.486. The zero-order valence-electron chi connectivity index (χ0n) is 12.8. The highest BCUT2D eigenvalue weighted by Crippen LogP contribution is 2.21. The maximum absolute atomic E-state index is 11.9. The molecule has 22 heavy (non-hydrogen) atoms. The van der Waals surface area contributed by atoms with Crippen molar-refractivity contribution >= 4 is 45.6 Å². The Labute approximate surface area is 139 Å². The number of aryl methyl sites for hydroxylation is 1. The van der Waals surface area contributed by atoms with Crippen molar-refractivity contribution in [2.24, 2.45) is 0 Å². The largest absolute Gasteiger partial charge is 0.358 e. The predicted octanol–water partition coefficient (Wildman–Crippen LogP) is 3.20. The molecule has 0 bridgehead atoms. The minimum atomic E-state index is -0.461. The molecule has 6 nitrogen and oxygen atoms in total. The molecule has 0 unspecified atom stereocenters. The van der Waals surface area contributed by atoms with Crippen molar-refractivity contribution in [2.75, 3.05) is 24.2 Å². The van der Waals surface area contributed by atoms with Crippen molar-refractivity contribution in [3.05, 3.63) is 33.9 Å². The molecule has 120 valence electrons. The lowest BCUT2D eigenvalue weighted by Gasteiger charge is -2.20. The topological polar surface area (TPSA) is 75.5 Å². The van der Waals surface area contributed by atoms with Crippen LogP contribution in [-0.2, 0) is 4.79 Å². The Hall–Kier alpha value is -1.67. The molecule has 1 aromatic rings. The first-order valence-electron chi connectivity index (χ1n) is 6.85. The van der Waals surface area contributed by atoms with E-state index in [2.05, 4.69) is 5.32 Å². The second-order valence-corrected chi connectivity index (χ2v) is 6.14. The number of rotatable bonds is 6. The number of nitrogens with one attached hydrogen (secondary N) is 1. The van der Waals surface area contributed by atoms with E-state index in [1.807, 2.05) is 18.7 Å². The van der Waals surface area contributed by atoms with Crippen LogP contribution in [0.3, 0.4) is 0 Å². The van der Waals surface area contributed by atoms with Crippen LogP contribution in [0.2, 0.25) is 0 Å². The summed E-state index contributed by atoms with van der Waals surface area (Å²) in [6.45, 7) is 7.36. The van der Waals surface area contributed by atoms with Crippen molar-refractivity contribution in [1.29, 1.82) is 0 Å². The fourth-order valence-corrected chi connectivity index (χ4v) is 2.99. The second-order valence-electron chi connectivity index (χ2n) is 4.53. The van der Waals surface area contributed by atoms with Crippen molar-refractivity contribution in [1.82, 2.24) is 4.90 Å². The maximum Gasteiger partial charge on any atom is 0.269 e. The summed E-state index contributed by atoms with van der Waals surface area (Å²) in [5.74, 6) is 0.0302. The molecule has 0 aliphatic heterocycles. The van der Waals surface area contributed by atoms with E-state index in [4.69, 9.17) is 12.2 Å². The lowest BCUT2D eigenvalue weighted by Crippen LogP contribution is -2.28. The van der Waals surface area contributed by atoms with Crippen LogP contribution in [0, 0.1) is 17.0 Å². The van der Waals surface area contributed by atoms with Gasteiger partial charge < -0.3 is 10.2 Å². The number of amides is 1. The Morgan fingerprint density at radius 2 is 2.05 bits per heavy atom. The third-order valence-electron chi connectivity index (χ3n) is 3.04. The molecule has 1 rings (SSSR count). The number of carbonyl (C=O) groups excluding carboxylic acids is 1. The number of nitro groups is 1. The molecule has 0 atom stereocenters. The van der Waals surface area contributed by atoms with Gasteiger partial charge in [-0.3, -0.25) is 14.9 Å². The highest BCUT2D eigenvalue weighted by molar-refractivity contribution is 8.23. The lowest BCUT2D eigenvalue weighted by molar-refractivity contribution is -0.384. The molecule has 0 saturated carbocycles. The average Bonchev–Trinajstić information content (AvgIpc) is 2.48. The minimum Gasteiger partial charge on any atom is -0.358 e. The van der Waals surface area contributed by atoms with Crippen molar-refractivity contribution in [3.8, 4) is 0 Å². The van der Waals surface area contributed by atoms with Gasteiger partial charge >= 0.3 is 0 Å². The maximum atomic E-state index is 11.9. The molecule has 0 aliphatic carbocycles. The van der Waals surface area contributed by atoms with Gasteiger partial charge in [-0.2, -0.15) is 0 Å². The fourth-order valence-electron chi connectivity index (χ4n) is 1.79. The molecule has 0 saturated heterocycles. The number of thiocarbonyl (C=S) groups is 1. The van der Waals surface area contributed by atoms with Crippen molar-refractivity contribution in [2.45, 2.75) is 20.8 Å². The van der Waals surface area contributed by atoms with Gasteiger partial charge in [0.2, 0.25) is 5.91 Å². The van der Waals surface area contributed by atoms with Crippen LogP contribution in [0.1, 0.15) is 19.4 Å². The summed E-state index contributed by atoms with van der Waals surface area (Å²) in [6, 6.07) is 4.35. The number of carbonyl (C=O) groups is 1. The average molecular weight is 341 g/mol. The molecule has 0 radical (unpaired) electrons. The number of thioether (sulfide) groups is 1. The Kier molecular flexibility index (Phi) is 7.26. The van der Waals surface area contributed by atoms with E-state index in [9.17, 15) is 14.9 Å². The summed E-state index contributed by atoms with van der Waals surface area (Å²) >= 11 is 6.57. The smallest absolute Gasteiger partial charge is 0.269 e. The number of nitro benzene ring substituents is 1. The molecule has 0 fully saturated rings. The number of non-ortho nitro benzene ring substituents is 1. The first-order valence-corrected chi connectivity index (χ1v) is 8.25. The minimum absolute atomic E-state index is 0.00702. The van der Waals surface area contributed by atoms with Gasteiger partial charge in [-0.25, -0.2) is 0 Å². The van der Waals surface area contributed by atoms with Gasteiger partial charge in [0, 0.05) is 30.9 Å². The number of benzene rings is 1. The van der Waals surface area contributed by atoms with Crippen molar-refractivity contribution < 1.29 is 9.72 Å². The number of hydrogen-bond donors (Lipinski definition) is 1. The first kappa shape index (κ1) is 18.4. The molecular formula is C14H19N3O3S2. The molecule has 1 amide bonds. The van der Waals surface area contributed by atoms with Gasteiger partial charge in [0.1, 0.15) is 4.32 Å². The zero-order valence-corrected chi connectivity index (χ0v) is 14.4. The van der Waals surface area contributed by atoms with E-state index >= 15 is 0 Å². The summed E-state index contributed by atoms with van der Waals surface area (Å²) in [6.07, 6.45) is 0. The number of nitrogens with zero attached hydrogens (tertiary/aromatic N) is 2. The SMILES string of the molecule is CCN(CC)C(=S)SCC(=O)Nc1ccc([N+](=O)[O-])cc1C. The molecule has 8 heteroatoms. The van der Waals surface area contributed by atoms with Gasteiger partial charge in [0.25, 0.3) is 5.69 Å². The Morgan fingerprint density at radius 1 is 1.41 bits per heavy atom. The molecule has 0 aliphatic rings. The summed E-state index contributed by atoms with van der Waals surface area (Å²) < 4.78 is 0.695. The zero-order chi connectivity index (χ0) is 16.7. The molecule has 0 aromatic heterocycles.